The number of thiophene rings is 1. The summed E-state index contributed by atoms with van der Waals surface area (Å²) in [6, 6.07) is 4.10. The van der Waals surface area contributed by atoms with Crippen LogP contribution in [0.4, 0.5) is 5.82 Å². The van der Waals surface area contributed by atoms with Gasteiger partial charge in [0.25, 0.3) is 0 Å². The van der Waals surface area contributed by atoms with E-state index in [1.165, 1.54) is 5.56 Å². The normalized spacial score (nSPS) is 10.7. The number of pyridine rings is 1. The van der Waals surface area contributed by atoms with E-state index < -0.39 is 0 Å². The smallest absolute Gasteiger partial charge is 0.147 e. The van der Waals surface area contributed by atoms with Crippen LogP contribution in [-0.2, 0) is 13.1 Å². The first kappa shape index (κ1) is 14.3. The van der Waals surface area contributed by atoms with Crippen LogP contribution in [0.2, 0.25) is 5.02 Å². The van der Waals surface area contributed by atoms with Gasteiger partial charge < -0.3 is 10.2 Å². The molecule has 19 heavy (non-hydrogen) atoms. The zero-order valence-electron chi connectivity index (χ0n) is 11.2. The van der Waals surface area contributed by atoms with Crippen LogP contribution >= 0.6 is 22.9 Å². The highest BCUT2D eigenvalue weighted by Gasteiger charge is 2.09. The minimum atomic E-state index is 0.702. The third-order valence-corrected chi connectivity index (χ3v) is 3.83. The predicted octanol–water partition coefficient (Wildman–Crippen LogP) is 3.54. The summed E-state index contributed by atoms with van der Waals surface area (Å²) in [6.07, 6.45) is 1.88. The Morgan fingerprint density at radius 3 is 2.89 bits per heavy atom. The maximum absolute atomic E-state index is 6.31. The molecule has 0 bridgehead atoms. The lowest BCUT2D eigenvalue weighted by Crippen LogP contribution is -2.18. The number of rotatable bonds is 6. The fourth-order valence-electron chi connectivity index (χ4n) is 1.85. The molecule has 0 saturated carbocycles. The van der Waals surface area contributed by atoms with Gasteiger partial charge in [0.2, 0.25) is 0 Å². The lowest BCUT2D eigenvalue weighted by molar-refractivity contribution is 0.724. The summed E-state index contributed by atoms with van der Waals surface area (Å²) in [6.45, 7) is 4.65. The molecular weight excluding hydrogens is 278 g/mol. The van der Waals surface area contributed by atoms with Gasteiger partial charge in [-0.2, -0.15) is 11.3 Å². The van der Waals surface area contributed by atoms with E-state index in [9.17, 15) is 0 Å². The Kier molecular flexibility index (Phi) is 5.19. The number of hydrogen-bond donors (Lipinski definition) is 1. The SMILES string of the molecule is CCNCc1cnc(N(C)Cc2ccsc2)c(Cl)c1. The summed E-state index contributed by atoms with van der Waals surface area (Å²) >= 11 is 8.02. The second-order valence-electron chi connectivity index (χ2n) is 4.42. The van der Waals surface area contributed by atoms with Crippen molar-refractivity contribution in [2.75, 3.05) is 18.5 Å². The molecule has 3 nitrogen and oxygen atoms in total. The quantitative estimate of drug-likeness (QED) is 0.883. The first-order valence-corrected chi connectivity index (χ1v) is 7.60. The molecule has 0 unspecified atom stereocenters. The fraction of sp³-hybridized carbons (Fsp3) is 0.357. The molecule has 2 aromatic heterocycles. The van der Waals surface area contributed by atoms with Gasteiger partial charge in [0.15, 0.2) is 0 Å². The summed E-state index contributed by atoms with van der Waals surface area (Å²) in [5.74, 6) is 0.827. The van der Waals surface area contributed by atoms with Crippen molar-refractivity contribution in [3.63, 3.8) is 0 Å². The predicted molar refractivity (Wildman–Crippen MR) is 83.1 cm³/mol. The monoisotopic (exact) mass is 295 g/mol. The van der Waals surface area contributed by atoms with Crippen LogP contribution in [0.5, 0.6) is 0 Å². The van der Waals surface area contributed by atoms with E-state index in [2.05, 4.69) is 39.0 Å². The van der Waals surface area contributed by atoms with Crippen LogP contribution < -0.4 is 10.2 Å². The average Bonchev–Trinajstić information content (AvgIpc) is 2.89. The van der Waals surface area contributed by atoms with Crippen molar-refractivity contribution in [1.29, 1.82) is 0 Å². The number of nitrogens with one attached hydrogen (secondary N) is 1. The molecule has 0 aromatic carbocycles. The second-order valence-corrected chi connectivity index (χ2v) is 5.60. The van der Waals surface area contributed by atoms with Gasteiger partial charge in [0.1, 0.15) is 5.82 Å². The molecule has 2 rings (SSSR count). The van der Waals surface area contributed by atoms with Crippen molar-refractivity contribution in [3.05, 3.63) is 45.2 Å². The van der Waals surface area contributed by atoms with Crippen molar-refractivity contribution >= 4 is 28.8 Å². The van der Waals surface area contributed by atoms with E-state index in [0.717, 1.165) is 31.0 Å². The van der Waals surface area contributed by atoms with E-state index in [1.807, 2.05) is 19.3 Å². The van der Waals surface area contributed by atoms with Crippen LogP contribution in [-0.4, -0.2) is 18.6 Å². The van der Waals surface area contributed by atoms with Gasteiger partial charge in [0, 0.05) is 26.3 Å². The summed E-state index contributed by atoms with van der Waals surface area (Å²) in [5.41, 5.74) is 2.39. The Morgan fingerprint density at radius 2 is 2.26 bits per heavy atom. The number of hydrogen-bond acceptors (Lipinski definition) is 4. The molecule has 2 heterocycles. The number of halogens is 1. The Bertz CT molecular complexity index is 513. The van der Waals surface area contributed by atoms with Crippen molar-refractivity contribution < 1.29 is 0 Å². The standard InChI is InChI=1S/C14H18ClN3S/c1-3-16-7-12-6-13(15)14(17-8-12)18(2)9-11-4-5-19-10-11/h4-6,8,10,16H,3,7,9H2,1-2H3. The number of aromatic nitrogens is 1. The molecule has 1 N–H and O–H groups in total. The van der Waals surface area contributed by atoms with Gasteiger partial charge in [-0.05, 0) is 40.6 Å². The van der Waals surface area contributed by atoms with Crippen molar-refractivity contribution in [3.8, 4) is 0 Å². The van der Waals surface area contributed by atoms with Gasteiger partial charge >= 0.3 is 0 Å². The maximum atomic E-state index is 6.31. The number of anilines is 1. The summed E-state index contributed by atoms with van der Waals surface area (Å²) < 4.78 is 0. The molecule has 0 aliphatic carbocycles. The van der Waals surface area contributed by atoms with Gasteiger partial charge in [0.05, 0.1) is 5.02 Å². The van der Waals surface area contributed by atoms with Gasteiger partial charge in [-0.3, -0.25) is 0 Å². The Balaban J connectivity index is 2.07. The molecule has 0 spiro atoms. The molecule has 0 amide bonds. The highest BCUT2D eigenvalue weighted by molar-refractivity contribution is 7.07. The van der Waals surface area contributed by atoms with Crippen molar-refractivity contribution in [1.82, 2.24) is 10.3 Å². The highest BCUT2D eigenvalue weighted by Crippen LogP contribution is 2.24. The fourth-order valence-corrected chi connectivity index (χ4v) is 2.84. The number of nitrogens with zero attached hydrogens (tertiary/aromatic N) is 2. The van der Waals surface area contributed by atoms with E-state index >= 15 is 0 Å². The molecular formula is C14H18ClN3S. The minimum absolute atomic E-state index is 0.702. The van der Waals surface area contributed by atoms with Crippen LogP contribution in [0, 0.1) is 0 Å². The molecule has 0 aliphatic rings. The van der Waals surface area contributed by atoms with E-state index in [1.54, 1.807) is 11.3 Å². The third kappa shape index (κ3) is 3.93. The first-order chi connectivity index (χ1) is 9.20. The average molecular weight is 296 g/mol. The largest absolute Gasteiger partial charge is 0.354 e. The van der Waals surface area contributed by atoms with Gasteiger partial charge in [-0.25, -0.2) is 4.98 Å². The topological polar surface area (TPSA) is 28.2 Å². The highest BCUT2D eigenvalue weighted by atomic mass is 35.5. The van der Waals surface area contributed by atoms with Crippen LogP contribution in [0.25, 0.3) is 0 Å². The Morgan fingerprint density at radius 1 is 1.42 bits per heavy atom. The van der Waals surface area contributed by atoms with Crippen molar-refractivity contribution in [2.45, 2.75) is 20.0 Å². The second kappa shape index (κ2) is 6.89. The molecule has 0 atom stereocenters. The van der Waals surface area contributed by atoms with Crippen LogP contribution in [0.1, 0.15) is 18.1 Å². The van der Waals surface area contributed by atoms with Crippen LogP contribution in [0.15, 0.2) is 29.1 Å². The van der Waals surface area contributed by atoms with Gasteiger partial charge in [-0.1, -0.05) is 18.5 Å². The molecule has 2 aromatic rings. The Hall–Kier alpha value is -1.10. The van der Waals surface area contributed by atoms with Gasteiger partial charge in [-0.15, -0.1) is 0 Å². The molecule has 102 valence electrons. The van der Waals surface area contributed by atoms with E-state index in [0.29, 0.717) is 5.02 Å². The maximum Gasteiger partial charge on any atom is 0.147 e. The van der Waals surface area contributed by atoms with Crippen LogP contribution in [0.3, 0.4) is 0 Å². The summed E-state index contributed by atoms with van der Waals surface area (Å²) in [5, 5.41) is 8.19. The van der Waals surface area contributed by atoms with E-state index in [-0.39, 0.29) is 0 Å². The molecule has 0 aliphatic heterocycles. The molecule has 0 radical (unpaired) electrons. The zero-order valence-corrected chi connectivity index (χ0v) is 12.8. The Labute approximate surface area is 123 Å². The third-order valence-electron chi connectivity index (χ3n) is 2.82. The first-order valence-electron chi connectivity index (χ1n) is 6.28. The lowest BCUT2D eigenvalue weighted by atomic mass is 10.2. The molecule has 0 saturated heterocycles. The molecule has 0 fully saturated rings. The van der Waals surface area contributed by atoms with Crippen molar-refractivity contribution in [2.24, 2.45) is 0 Å². The minimum Gasteiger partial charge on any atom is -0.354 e. The zero-order chi connectivity index (χ0) is 13.7. The molecule has 5 heteroatoms. The van der Waals surface area contributed by atoms with E-state index in [4.69, 9.17) is 11.6 Å². The summed E-state index contributed by atoms with van der Waals surface area (Å²) in [7, 11) is 2.01. The summed E-state index contributed by atoms with van der Waals surface area (Å²) in [4.78, 5) is 6.54. The lowest BCUT2D eigenvalue weighted by Gasteiger charge is -2.19.